The van der Waals surface area contributed by atoms with Crippen molar-refractivity contribution in [2.24, 2.45) is 5.92 Å². The molecule has 1 saturated heterocycles. The zero-order chi connectivity index (χ0) is 21.9. The van der Waals surface area contributed by atoms with Crippen molar-refractivity contribution >= 4 is 21.6 Å². The van der Waals surface area contributed by atoms with E-state index in [1.54, 1.807) is 42.2 Å². The lowest BCUT2D eigenvalue weighted by molar-refractivity contribution is 0.0547. The van der Waals surface area contributed by atoms with Gasteiger partial charge < -0.3 is 10.0 Å². The first-order valence-corrected chi connectivity index (χ1v) is 11.8. The minimum absolute atomic E-state index is 0.165. The van der Waals surface area contributed by atoms with Crippen LogP contribution >= 0.6 is 0 Å². The number of hydrogen-bond donors (Lipinski definition) is 2. The monoisotopic (exact) mass is 430 g/mol. The number of carbonyl (C=O) groups excluding carboxylic acids is 1. The van der Waals surface area contributed by atoms with E-state index in [0.29, 0.717) is 48.7 Å². The Kier molecular flexibility index (Phi) is 6.83. The number of anilines is 1. The summed E-state index contributed by atoms with van der Waals surface area (Å²) in [5, 5.41) is 9.69. The van der Waals surface area contributed by atoms with Gasteiger partial charge in [-0.3, -0.25) is 9.52 Å². The zero-order valence-electron chi connectivity index (χ0n) is 17.8. The zero-order valence-corrected chi connectivity index (χ0v) is 18.6. The van der Waals surface area contributed by atoms with Crippen LogP contribution in [0.3, 0.4) is 0 Å². The van der Waals surface area contributed by atoms with Crippen LogP contribution in [0.5, 0.6) is 0 Å². The number of sulfonamides is 1. The van der Waals surface area contributed by atoms with Crippen LogP contribution in [0.4, 0.5) is 5.69 Å². The van der Waals surface area contributed by atoms with Gasteiger partial charge in [0.2, 0.25) is 0 Å². The first-order chi connectivity index (χ1) is 14.2. The Hall–Kier alpha value is -2.38. The molecule has 2 aromatic carbocycles. The molecular weight excluding hydrogens is 400 g/mol. The van der Waals surface area contributed by atoms with Crippen LogP contribution < -0.4 is 4.72 Å². The third kappa shape index (κ3) is 5.21. The molecular formula is C23H30N2O4S. The van der Waals surface area contributed by atoms with E-state index in [-0.39, 0.29) is 16.9 Å². The van der Waals surface area contributed by atoms with Crippen molar-refractivity contribution in [2.45, 2.75) is 51.0 Å². The molecule has 2 aromatic rings. The maximum atomic E-state index is 13.1. The number of aryl methyl sites for hydroxylation is 1. The van der Waals surface area contributed by atoms with Crippen LogP contribution in [-0.2, 0) is 16.4 Å². The fourth-order valence-electron chi connectivity index (χ4n) is 3.69. The van der Waals surface area contributed by atoms with E-state index in [1.807, 2.05) is 12.1 Å². The predicted molar refractivity (Wildman–Crippen MR) is 118 cm³/mol. The number of para-hydroxylation sites is 1. The van der Waals surface area contributed by atoms with E-state index < -0.39 is 10.0 Å². The summed E-state index contributed by atoms with van der Waals surface area (Å²) in [6.45, 7) is 6.92. The van der Waals surface area contributed by atoms with Crippen LogP contribution in [0.15, 0.2) is 47.4 Å². The molecule has 30 heavy (non-hydrogen) atoms. The second kappa shape index (κ2) is 9.18. The van der Waals surface area contributed by atoms with E-state index in [1.165, 1.54) is 0 Å². The molecule has 0 atom stereocenters. The summed E-state index contributed by atoms with van der Waals surface area (Å²) in [7, 11) is -3.84. The summed E-state index contributed by atoms with van der Waals surface area (Å²) in [6, 6.07) is 12.0. The number of rotatable bonds is 6. The van der Waals surface area contributed by atoms with Crippen molar-refractivity contribution in [2.75, 3.05) is 17.8 Å². The molecule has 0 aromatic heterocycles. The highest BCUT2D eigenvalue weighted by atomic mass is 32.2. The van der Waals surface area contributed by atoms with E-state index in [4.69, 9.17) is 0 Å². The van der Waals surface area contributed by atoms with E-state index >= 15 is 0 Å². The first-order valence-electron chi connectivity index (χ1n) is 10.4. The third-order valence-corrected chi connectivity index (χ3v) is 6.73. The van der Waals surface area contributed by atoms with Gasteiger partial charge in [0.1, 0.15) is 0 Å². The standard InChI is InChI=1S/C23H30N2O4S/c1-16(2)15-18-7-9-20(10-8-18)30(28,29)24-22-17(3)5-4-6-21(22)23(27)25-13-11-19(26)12-14-25/h4-10,16,19,24,26H,11-15H2,1-3H3. The van der Waals surface area contributed by atoms with E-state index in [2.05, 4.69) is 18.6 Å². The molecule has 1 heterocycles. The number of hydrogen-bond acceptors (Lipinski definition) is 4. The van der Waals surface area contributed by atoms with Crippen molar-refractivity contribution < 1.29 is 18.3 Å². The lowest BCUT2D eigenvalue weighted by Gasteiger charge is -2.30. The molecule has 0 spiro atoms. The highest BCUT2D eigenvalue weighted by Crippen LogP contribution is 2.27. The van der Waals surface area contributed by atoms with Gasteiger partial charge in [0.25, 0.3) is 15.9 Å². The third-order valence-electron chi connectivity index (χ3n) is 5.37. The Morgan fingerprint density at radius 1 is 1.13 bits per heavy atom. The van der Waals surface area contributed by atoms with Gasteiger partial charge in [-0.2, -0.15) is 0 Å². The van der Waals surface area contributed by atoms with Gasteiger partial charge in [0.05, 0.1) is 22.3 Å². The molecule has 2 N–H and O–H groups in total. The van der Waals surface area contributed by atoms with Crippen molar-refractivity contribution in [1.29, 1.82) is 0 Å². The number of amides is 1. The smallest absolute Gasteiger partial charge is 0.261 e. The number of aliphatic hydroxyl groups excluding tert-OH is 1. The number of benzene rings is 2. The molecule has 6 nitrogen and oxygen atoms in total. The van der Waals surface area contributed by atoms with Gasteiger partial charge in [-0.1, -0.05) is 38.1 Å². The summed E-state index contributed by atoms with van der Waals surface area (Å²) < 4.78 is 28.7. The molecule has 162 valence electrons. The van der Waals surface area contributed by atoms with Crippen molar-refractivity contribution in [3.8, 4) is 0 Å². The predicted octanol–water partition coefficient (Wildman–Crippen LogP) is 3.59. The molecule has 7 heteroatoms. The number of aliphatic hydroxyl groups is 1. The first kappa shape index (κ1) is 22.3. The number of carbonyl (C=O) groups is 1. The van der Waals surface area contributed by atoms with Gasteiger partial charge in [0, 0.05) is 13.1 Å². The van der Waals surface area contributed by atoms with Crippen molar-refractivity contribution in [1.82, 2.24) is 4.90 Å². The lowest BCUT2D eigenvalue weighted by Crippen LogP contribution is -2.40. The number of nitrogens with one attached hydrogen (secondary N) is 1. The summed E-state index contributed by atoms with van der Waals surface area (Å²) in [5.74, 6) is 0.262. The van der Waals surface area contributed by atoms with Gasteiger partial charge in [0.15, 0.2) is 0 Å². The van der Waals surface area contributed by atoms with Crippen LogP contribution in [0, 0.1) is 12.8 Å². The van der Waals surface area contributed by atoms with Crippen molar-refractivity contribution in [3.05, 3.63) is 59.2 Å². The second-order valence-corrected chi connectivity index (χ2v) is 10.1. The van der Waals surface area contributed by atoms with Gasteiger partial charge in [-0.15, -0.1) is 0 Å². The quantitative estimate of drug-likeness (QED) is 0.733. The molecule has 0 saturated carbocycles. The molecule has 0 bridgehead atoms. The summed E-state index contributed by atoms with van der Waals surface area (Å²) in [4.78, 5) is 14.9. The molecule has 0 radical (unpaired) electrons. The molecule has 1 aliphatic heterocycles. The Morgan fingerprint density at radius 3 is 2.37 bits per heavy atom. The molecule has 0 unspecified atom stereocenters. The average Bonchev–Trinajstić information content (AvgIpc) is 2.69. The molecule has 1 aliphatic rings. The van der Waals surface area contributed by atoms with Crippen LogP contribution in [0.1, 0.15) is 48.2 Å². The number of likely N-dealkylation sites (tertiary alicyclic amines) is 1. The Bertz CT molecular complexity index is 992. The van der Waals surface area contributed by atoms with Crippen LogP contribution in [0.2, 0.25) is 0 Å². The minimum Gasteiger partial charge on any atom is -0.393 e. The Labute approximate surface area is 179 Å². The van der Waals surface area contributed by atoms with Crippen LogP contribution in [-0.4, -0.2) is 43.5 Å². The summed E-state index contributed by atoms with van der Waals surface area (Å²) in [6.07, 6.45) is 1.56. The molecule has 1 amide bonds. The molecule has 1 fully saturated rings. The highest BCUT2D eigenvalue weighted by Gasteiger charge is 2.26. The second-order valence-electron chi connectivity index (χ2n) is 8.37. The average molecular weight is 431 g/mol. The topological polar surface area (TPSA) is 86.7 Å². The number of piperidine rings is 1. The SMILES string of the molecule is Cc1cccc(C(=O)N2CCC(O)CC2)c1NS(=O)(=O)c1ccc(CC(C)C)cc1. The largest absolute Gasteiger partial charge is 0.393 e. The van der Waals surface area contributed by atoms with E-state index in [9.17, 15) is 18.3 Å². The van der Waals surface area contributed by atoms with Gasteiger partial charge in [-0.25, -0.2) is 8.42 Å². The van der Waals surface area contributed by atoms with Crippen LogP contribution in [0.25, 0.3) is 0 Å². The normalized spacial score (nSPS) is 15.4. The van der Waals surface area contributed by atoms with Crippen molar-refractivity contribution in [3.63, 3.8) is 0 Å². The maximum absolute atomic E-state index is 13.1. The Morgan fingerprint density at radius 2 is 1.77 bits per heavy atom. The summed E-state index contributed by atoms with van der Waals surface area (Å²) >= 11 is 0. The number of nitrogens with zero attached hydrogens (tertiary/aromatic N) is 1. The van der Waals surface area contributed by atoms with E-state index in [0.717, 1.165) is 12.0 Å². The Balaban J connectivity index is 1.86. The molecule has 3 rings (SSSR count). The fraction of sp³-hybridized carbons (Fsp3) is 0.435. The minimum atomic E-state index is -3.84. The highest BCUT2D eigenvalue weighted by molar-refractivity contribution is 7.92. The molecule has 0 aliphatic carbocycles. The fourth-order valence-corrected chi connectivity index (χ4v) is 4.84. The van der Waals surface area contributed by atoms with Gasteiger partial charge >= 0.3 is 0 Å². The maximum Gasteiger partial charge on any atom is 0.261 e. The summed E-state index contributed by atoms with van der Waals surface area (Å²) in [5.41, 5.74) is 2.40. The lowest BCUT2D eigenvalue weighted by atomic mass is 10.0. The van der Waals surface area contributed by atoms with Gasteiger partial charge in [-0.05, 0) is 61.4 Å².